The molecule has 2 aromatic rings. The molecule has 6 nitrogen and oxygen atoms in total. The molecule has 1 aliphatic heterocycles. The van der Waals surface area contributed by atoms with Crippen molar-refractivity contribution in [1.29, 1.82) is 0 Å². The lowest BCUT2D eigenvalue weighted by Crippen LogP contribution is -2.56. The molecule has 32 heavy (non-hydrogen) atoms. The summed E-state index contributed by atoms with van der Waals surface area (Å²) in [6.07, 6.45) is -0.705. The number of aromatic nitrogens is 3. The number of rotatable bonds is 6. The van der Waals surface area contributed by atoms with Crippen LogP contribution in [0.25, 0.3) is 11.3 Å². The molecule has 3 fully saturated rings. The highest BCUT2D eigenvalue weighted by Gasteiger charge is 2.65. The van der Waals surface area contributed by atoms with Crippen molar-refractivity contribution in [3.05, 3.63) is 29.6 Å². The van der Waals surface area contributed by atoms with Crippen molar-refractivity contribution in [3.8, 4) is 11.3 Å². The van der Waals surface area contributed by atoms with Crippen molar-refractivity contribution in [2.75, 3.05) is 39.1 Å². The molecule has 0 aromatic carbocycles. The second kappa shape index (κ2) is 7.45. The fourth-order valence-electron chi connectivity index (χ4n) is 6.12. The molecule has 2 N–H and O–H groups in total. The van der Waals surface area contributed by atoms with Crippen LogP contribution in [0.3, 0.4) is 0 Å². The van der Waals surface area contributed by atoms with Gasteiger partial charge in [0.1, 0.15) is 5.82 Å². The lowest BCUT2D eigenvalue weighted by molar-refractivity contribution is -0.137. The lowest BCUT2D eigenvalue weighted by Gasteiger charge is -2.49. The number of likely N-dealkylation sites (tertiary alicyclic amines) is 1. The molecule has 5 rings (SSSR count). The minimum absolute atomic E-state index is 0.131. The first-order valence-corrected chi connectivity index (χ1v) is 11.3. The van der Waals surface area contributed by atoms with E-state index in [1.165, 1.54) is 19.0 Å². The van der Waals surface area contributed by atoms with Gasteiger partial charge in [0.25, 0.3) is 0 Å². The molecule has 2 aliphatic carbocycles. The summed E-state index contributed by atoms with van der Waals surface area (Å²) in [6.45, 7) is 8.20. The van der Waals surface area contributed by atoms with Crippen molar-refractivity contribution in [2.45, 2.75) is 44.8 Å². The maximum Gasteiger partial charge on any atom is 0.419 e. The average molecular weight is 450 g/mol. The average Bonchev–Trinajstić information content (AvgIpc) is 3.06. The fraction of sp³-hybridized carbons (Fsp3) is 0.652. The number of hydrogen-bond acceptors (Lipinski definition) is 5. The summed E-state index contributed by atoms with van der Waals surface area (Å²) >= 11 is 0. The predicted octanol–water partition coefficient (Wildman–Crippen LogP) is 4.20. The molecule has 3 aliphatic rings. The quantitative estimate of drug-likeness (QED) is 0.716. The first-order valence-electron chi connectivity index (χ1n) is 11.3. The van der Waals surface area contributed by atoms with Crippen LogP contribution in [0.5, 0.6) is 0 Å². The van der Waals surface area contributed by atoms with E-state index in [0.29, 0.717) is 34.4 Å². The minimum Gasteiger partial charge on any atom is -0.383 e. The predicted molar refractivity (Wildman–Crippen MR) is 115 cm³/mol. The highest BCUT2D eigenvalue weighted by atomic mass is 19.4. The van der Waals surface area contributed by atoms with E-state index in [0.717, 1.165) is 38.0 Å². The van der Waals surface area contributed by atoms with Gasteiger partial charge in [0, 0.05) is 56.2 Å². The van der Waals surface area contributed by atoms with Gasteiger partial charge in [-0.1, -0.05) is 0 Å². The van der Waals surface area contributed by atoms with Crippen LogP contribution in [0.4, 0.5) is 19.0 Å². The molecule has 3 heterocycles. The van der Waals surface area contributed by atoms with Crippen LogP contribution in [-0.2, 0) is 10.9 Å². The number of pyridine rings is 1. The molecule has 3 atom stereocenters. The Morgan fingerprint density at radius 1 is 1.22 bits per heavy atom. The summed E-state index contributed by atoms with van der Waals surface area (Å²) < 4.78 is 47.1. The van der Waals surface area contributed by atoms with Crippen LogP contribution in [0.1, 0.15) is 49.9 Å². The van der Waals surface area contributed by atoms with Crippen LogP contribution in [-0.4, -0.2) is 53.0 Å². The maximum atomic E-state index is 13.3. The summed E-state index contributed by atoms with van der Waals surface area (Å²) in [5, 5.41) is 4.68. The van der Waals surface area contributed by atoms with Gasteiger partial charge in [-0.3, -0.25) is 9.58 Å². The van der Waals surface area contributed by atoms with Crippen molar-refractivity contribution < 1.29 is 17.9 Å². The smallest absolute Gasteiger partial charge is 0.383 e. The number of methoxy groups -OCH3 is 1. The number of hydrogen-bond donors (Lipinski definition) is 1. The number of nitrogen functional groups attached to an aromatic ring is 1. The Labute approximate surface area is 185 Å². The number of halogens is 3. The van der Waals surface area contributed by atoms with E-state index >= 15 is 0 Å². The third kappa shape index (κ3) is 3.59. The monoisotopic (exact) mass is 449 g/mol. The van der Waals surface area contributed by atoms with Crippen LogP contribution in [0.2, 0.25) is 0 Å². The second-order valence-electron chi connectivity index (χ2n) is 10.1. The maximum absolute atomic E-state index is 13.3. The van der Waals surface area contributed by atoms with Gasteiger partial charge in [0.05, 0.1) is 17.9 Å². The molecule has 1 spiro atoms. The molecule has 0 bridgehead atoms. The van der Waals surface area contributed by atoms with E-state index in [-0.39, 0.29) is 6.04 Å². The van der Waals surface area contributed by atoms with E-state index in [4.69, 9.17) is 10.5 Å². The third-order valence-electron chi connectivity index (χ3n) is 7.51. The molecule has 0 radical (unpaired) electrons. The van der Waals surface area contributed by atoms with Crippen molar-refractivity contribution in [3.63, 3.8) is 0 Å². The van der Waals surface area contributed by atoms with Gasteiger partial charge in [-0.15, -0.1) is 0 Å². The van der Waals surface area contributed by atoms with Crippen LogP contribution in [0.15, 0.2) is 18.3 Å². The van der Waals surface area contributed by atoms with Gasteiger partial charge in [-0.05, 0) is 56.1 Å². The summed E-state index contributed by atoms with van der Waals surface area (Å²) in [6, 6.07) is 3.16. The molecule has 9 heteroatoms. The third-order valence-corrected chi connectivity index (χ3v) is 7.51. The summed E-state index contributed by atoms with van der Waals surface area (Å²) in [7, 11) is 1.74. The molecule has 2 aromatic heterocycles. The largest absolute Gasteiger partial charge is 0.419 e. The minimum atomic E-state index is -4.54. The van der Waals surface area contributed by atoms with E-state index in [9.17, 15) is 13.2 Å². The molecular formula is C23H30F3N5O. The van der Waals surface area contributed by atoms with Gasteiger partial charge in [-0.2, -0.15) is 18.3 Å². The zero-order valence-corrected chi connectivity index (χ0v) is 18.7. The van der Waals surface area contributed by atoms with E-state index in [2.05, 4.69) is 28.8 Å². The second-order valence-corrected chi connectivity index (χ2v) is 10.1. The molecule has 2 saturated carbocycles. The van der Waals surface area contributed by atoms with Gasteiger partial charge >= 0.3 is 6.18 Å². The number of alkyl halides is 3. The Morgan fingerprint density at radius 3 is 2.50 bits per heavy atom. The fourth-order valence-corrected chi connectivity index (χ4v) is 6.12. The summed E-state index contributed by atoms with van der Waals surface area (Å²) in [4.78, 5) is 6.25. The first kappa shape index (κ1) is 21.7. The van der Waals surface area contributed by atoms with Crippen LogP contribution >= 0.6 is 0 Å². The van der Waals surface area contributed by atoms with E-state index in [1.807, 2.05) is 10.7 Å². The summed E-state index contributed by atoms with van der Waals surface area (Å²) in [5.41, 5.74) is 7.03. The number of nitrogens with two attached hydrogens (primary N) is 1. The SMILES string of the molecule is COCCN1CC2(C[C@@H]3C(c4cc(-c5cnc(N)c(C(F)(F)F)c5)nn4C(C)C)[C@@H]3C2)C1. The lowest BCUT2D eigenvalue weighted by atomic mass is 9.74. The molecule has 0 amide bonds. The van der Waals surface area contributed by atoms with Gasteiger partial charge in [0.2, 0.25) is 0 Å². The van der Waals surface area contributed by atoms with Crippen molar-refractivity contribution in [1.82, 2.24) is 19.7 Å². The standard InChI is InChI=1S/C23H30F3N5O/c1-13(2)31-19(7-18(29-31)14-6-17(23(24,25)26)21(27)28-10-14)20-15-8-22(9-16(15)20)11-30(12-22)4-5-32-3/h6-7,10,13,15-16,20H,4-5,8-9,11-12H2,1-3H3,(H2,27,28)/t15-,16+,20?. The normalized spacial score (nSPS) is 26.5. The Morgan fingerprint density at radius 2 is 1.91 bits per heavy atom. The summed E-state index contributed by atoms with van der Waals surface area (Å²) in [5.74, 6) is 1.24. The molecule has 174 valence electrons. The van der Waals surface area contributed by atoms with Gasteiger partial charge in [0.15, 0.2) is 0 Å². The molecular weight excluding hydrogens is 419 g/mol. The Bertz CT molecular complexity index is 998. The van der Waals surface area contributed by atoms with Crippen LogP contribution < -0.4 is 5.73 Å². The van der Waals surface area contributed by atoms with E-state index < -0.39 is 17.6 Å². The number of fused-ring (bicyclic) bond motifs is 1. The van der Waals surface area contributed by atoms with E-state index in [1.54, 1.807) is 7.11 Å². The highest BCUT2D eigenvalue weighted by Crippen LogP contribution is 2.70. The Hall–Kier alpha value is -2.13. The Balaban J connectivity index is 1.35. The highest BCUT2D eigenvalue weighted by molar-refractivity contribution is 5.63. The zero-order valence-electron chi connectivity index (χ0n) is 18.7. The van der Waals surface area contributed by atoms with Crippen LogP contribution in [0, 0.1) is 17.3 Å². The van der Waals surface area contributed by atoms with Gasteiger partial charge < -0.3 is 10.5 Å². The number of ether oxygens (including phenoxy) is 1. The number of nitrogens with zero attached hydrogens (tertiary/aromatic N) is 4. The molecule has 1 saturated heterocycles. The topological polar surface area (TPSA) is 69.2 Å². The Kier molecular flexibility index (Phi) is 5.05. The zero-order chi connectivity index (χ0) is 22.8. The number of anilines is 1. The first-order chi connectivity index (χ1) is 15.1. The molecule has 1 unspecified atom stereocenters. The van der Waals surface area contributed by atoms with Gasteiger partial charge in [-0.25, -0.2) is 4.98 Å². The van der Waals surface area contributed by atoms with Crippen molar-refractivity contribution in [2.24, 2.45) is 17.3 Å². The van der Waals surface area contributed by atoms with Crippen molar-refractivity contribution >= 4 is 5.82 Å².